The van der Waals surface area contributed by atoms with E-state index in [2.05, 4.69) is 27.4 Å². The molecule has 6 heteroatoms. The summed E-state index contributed by atoms with van der Waals surface area (Å²) in [6.45, 7) is 2.53. The maximum atomic E-state index is 12.3. The van der Waals surface area contributed by atoms with Gasteiger partial charge in [-0.25, -0.2) is 14.8 Å². The molecule has 1 amide bonds. The van der Waals surface area contributed by atoms with Gasteiger partial charge >= 0.3 is 6.09 Å². The van der Waals surface area contributed by atoms with Crippen molar-refractivity contribution in [3.05, 3.63) is 54.0 Å². The lowest BCUT2D eigenvalue weighted by atomic mass is 9.93. The van der Waals surface area contributed by atoms with Crippen LogP contribution in [0.15, 0.2) is 42.7 Å². The number of benzene rings is 1. The molecule has 2 fully saturated rings. The highest BCUT2D eigenvalue weighted by Gasteiger charge is 2.35. The van der Waals surface area contributed by atoms with Crippen molar-refractivity contribution in [3.8, 4) is 0 Å². The predicted molar refractivity (Wildman–Crippen MR) is 99.1 cm³/mol. The molecule has 2 saturated heterocycles. The van der Waals surface area contributed by atoms with Crippen LogP contribution in [-0.4, -0.2) is 41.8 Å². The van der Waals surface area contributed by atoms with Crippen LogP contribution in [-0.2, 0) is 17.6 Å². The van der Waals surface area contributed by atoms with Crippen LogP contribution >= 0.6 is 0 Å². The molecule has 1 atom stereocenters. The molecule has 6 nitrogen and oxygen atoms in total. The topological polar surface area (TPSA) is 67.3 Å². The summed E-state index contributed by atoms with van der Waals surface area (Å²) >= 11 is 0. The Labute approximate surface area is 153 Å². The van der Waals surface area contributed by atoms with Crippen LogP contribution in [0.4, 0.5) is 10.6 Å². The van der Waals surface area contributed by atoms with Crippen molar-refractivity contribution in [3.63, 3.8) is 0 Å². The molecule has 2 aromatic rings. The highest BCUT2D eigenvalue weighted by Crippen LogP contribution is 2.25. The molecule has 0 spiro atoms. The van der Waals surface area contributed by atoms with E-state index in [1.807, 2.05) is 24.3 Å². The smallest absolute Gasteiger partial charge is 0.415 e. The Morgan fingerprint density at radius 3 is 2.73 bits per heavy atom. The van der Waals surface area contributed by atoms with Crippen LogP contribution in [0.25, 0.3) is 0 Å². The number of hydrogen-bond acceptors (Lipinski definition) is 5. The Morgan fingerprint density at radius 1 is 1.12 bits per heavy atom. The second-order valence-electron chi connectivity index (χ2n) is 7.06. The van der Waals surface area contributed by atoms with Crippen molar-refractivity contribution in [1.82, 2.24) is 15.3 Å². The third kappa shape index (κ3) is 3.85. The molecule has 3 heterocycles. The fraction of sp³-hybridized carbons (Fsp3) is 0.450. The van der Waals surface area contributed by atoms with Gasteiger partial charge < -0.3 is 10.1 Å². The molecule has 4 rings (SSSR count). The minimum atomic E-state index is -0.322. The molecule has 26 heavy (non-hydrogen) atoms. The number of rotatable bonds is 5. The highest BCUT2D eigenvalue weighted by atomic mass is 16.6. The first-order chi connectivity index (χ1) is 12.8. The molecule has 0 aliphatic carbocycles. The zero-order valence-electron chi connectivity index (χ0n) is 14.8. The van der Waals surface area contributed by atoms with E-state index in [4.69, 9.17) is 4.74 Å². The number of cyclic esters (lactones) is 1. The SMILES string of the molecule is O=C1OCC(Cc2ccccc2)N1c1cc(CC2CCNCC2)ncn1. The zero-order valence-corrected chi connectivity index (χ0v) is 14.8. The van der Waals surface area contributed by atoms with Gasteiger partial charge in [0.05, 0.1) is 6.04 Å². The fourth-order valence-electron chi connectivity index (χ4n) is 3.79. The summed E-state index contributed by atoms with van der Waals surface area (Å²) < 4.78 is 5.31. The third-order valence-electron chi connectivity index (χ3n) is 5.19. The minimum absolute atomic E-state index is 0.0356. The highest BCUT2D eigenvalue weighted by molar-refractivity contribution is 5.89. The minimum Gasteiger partial charge on any atom is -0.447 e. The van der Waals surface area contributed by atoms with Gasteiger partial charge in [0.15, 0.2) is 0 Å². The van der Waals surface area contributed by atoms with Crippen LogP contribution in [0.2, 0.25) is 0 Å². The van der Waals surface area contributed by atoms with Crippen LogP contribution < -0.4 is 10.2 Å². The standard InChI is InChI=1S/C20H24N4O2/c25-20-24(18(13-26-20)11-15-4-2-1-3-5-15)19-12-17(22-14-23-19)10-16-6-8-21-9-7-16/h1-5,12,14,16,18,21H,6-11,13H2. The summed E-state index contributed by atoms with van der Waals surface area (Å²) in [5.41, 5.74) is 2.19. The first kappa shape index (κ1) is 17.0. The lowest BCUT2D eigenvalue weighted by molar-refractivity contribution is 0.178. The van der Waals surface area contributed by atoms with E-state index in [1.165, 1.54) is 18.4 Å². The summed E-state index contributed by atoms with van der Waals surface area (Å²) in [6.07, 6.45) is 5.27. The predicted octanol–water partition coefficient (Wildman–Crippen LogP) is 2.59. The summed E-state index contributed by atoms with van der Waals surface area (Å²) in [7, 11) is 0. The molecule has 1 N–H and O–H groups in total. The van der Waals surface area contributed by atoms with Crippen molar-refractivity contribution in [1.29, 1.82) is 0 Å². The van der Waals surface area contributed by atoms with Gasteiger partial charge in [0, 0.05) is 11.8 Å². The van der Waals surface area contributed by atoms with E-state index in [-0.39, 0.29) is 12.1 Å². The number of hydrogen-bond donors (Lipinski definition) is 1. The average molecular weight is 352 g/mol. The molecule has 136 valence electrons. The largest absolute Gasteiger partial charge is 0.447 e. The van der Waals surface area contributed by atoms with Gasteiger partial charge in [0.1, 0.15) is 18.8 Å². The number of carbonyl (C=O) groups excluding carboxylic acids is 1. The monoisotopic (exact) mass is 352 g/mol. The van der Waals surface area contributed by atoms with Crippen molar-refractivity contribution < 1.29 is 9.53 Å². The summed E-state index contributed by atoms with van der Waals surface area (Å²) in [4.78, 5) is 22.8. The van der Waals surface area contributed by atoms with E-state index in [1.54, 1.807) is 11.2 Å². The first-order valence-electron chi connectivity index (χ1n) is 9.31. The number of anilines is 1. The maximum absolute atomic E-state index is 12.3. The van der Waals surface area contributed by atoms with Gasteiger partial charge in [-0.05, 0) is 50.3 Å². The molecule has 2 aliphatic heterocycles. The number of aromatic nitrogens is 2. The van der Waals surface area contributed by atoms with Crippen molar-refractivity contribution in [2.24, 2.45) is 5.92 Å². The zero-order chi connectivity index (χ0) is 17.8. The number of nitrogens with zero attached hydrogens (tertiary/aromatic N) is 3. The van der Waals surface area contributed by atoms with Gasteiger partial charge in [0.2, 0.25) is 0 Å². The summed E-state index contributed by atoms with van der Waals surface area (Å²) in [6, 6.07) is 12.1. The van der Waals surface area contributed by atoms with Crippen LogP contribution in [0.1, 0.15) is 24.1 Å². The average Bonchev–Trinajstić information content (AvgIpc) is 3.04. The Bertz CT molecular complexity index is 746. The van der Waals surface area contributed by atoms with Gasteiger partial charge in [-0.2, -0.15) is 0 Å². The molecule has 1 aromatic heterocycles. The second-order valence-corrected chi connectivity index (χ2v) is 7.06. The molecule has 0 radical (unpaired) electrons. The van der Waals surface area contributed by atoms with E-state index in [0.29, 0.717) is 18.3 Å². The van der Waals surface area contributed by atoms with E-state index in [0.717, 1.165) is 31.6 Å². The maximum Gasteiger partial charge on any atom is 0.415 e. The van der Waals surface area contributed by atoms with Crippen LogP contribution in [0, 0.1) is 5.92 Å². The van der Waals surface area contributed by atoms with Gasteiger partial charge in [-0.15, -0.1) is 0 Å². The number of nitrogens with one attached hydrogen (secondary N) is 1. The number of piperidine rings is 1. The van der Waals surface area contributed by atoms with E-state index >= 15 is 0 Å². The molecule has 2 aliphatic rings. The normalized spacial score (nSPS) is 21.0. The Morgan fingerprint density at radius 2 is 1.92 bits per heavy atom. The molecule has 1 unspecified atom stereocenters. The van der Waals surface area contributed by atoms with Crippen LogP contribution in [0.3, 0.4) is 0 Å². The summed E-state index contributed by atoms with van der Waals surface area (Å²) in [5.74, 6) is 1.29. The number of amides is 1. The van der Waals surface area contributed by atoms with Gasteiger partial charge in [0.25, 0.3) is 0 Å². The summed E-state index contributed by atoms with van der Waals surface area (Å²) in [5, 5.41) is 3.39. The van der Waals surface area contributed by atoms with Gasteiger partial charge in [-0.3, -0.25) is 4.90 Å². The molecular formula is C20H24N4O2. The van der Waals surface area contributed by atoms with E-state index < -0.39 is 0 Å². The molecular weight excluding hydrogens is 328 g/mol. The Hall–Kier alpha value is -2.47. The number of carbonyl (C=O) groups is 1. The van der Waals surface area contributed by atoms with Crippen molar-refractivity contribution in [2.75, 3.05) is 24.6 Å². The Balaban J connectivity index is 1.50. The third-order valence-corrected chi connectivity index (χ3v) is 5.19. The number of ether oxygens (including phenoxy) is 1. The lowest BCUT2D eigenvalue weighted by Crippen LogP contribution is -2.36. The first-order valence-corrected chi connectivity index (χ1v) is 9.31. The van der Waals surface area contributed by atoms with Crippen molar-refractivity contribution in [2.45, 2.75) is 31.7 Å². The van der Waals surface area contributed by atoms with Gasteiger partial charge in [-0.1, -0.05) is 30.3 Å². The molecule has 1 aromatic carbocycles. The van der Waals surface area contributed by atoms with Crippen molar-refractivity contribution >= 4 is 11.9 Å². The molecule has 0 saturated carbocycles. The lowest BCUT2D eigenvalue weighted by Gasteiger charge is -2.23. The fourth-order valence-corrected chi connectivity index (χ4v) is 3.79. The quantitative estimate of drug-likeness (QED) is 0.896. The molecule has 0 bridgehead atoms. The van der Waals surface area contributed by atoms with Crippen LogP contribution in [0.5, 0.6) is 0 Å². The Kier molecular flexibility index (Phi) is 5.11. The second kappa shape index (κ2) is 7.83. The van der Waals surface area contributed by atoms with E-state index in [9.17, 15) is 4.79 Å².